The van der Waals surface area contributed by atoms with Crippen LogP contribution in [0, 0.1) is 0 Å². The van der Waals surface area contributed by atoms with E-state index in [0.29, 0.717) is 5.56 Å². The maximum atomic E-state index is 9.56. The Morgan fingerprint density at radius 2 is 1.65 bits per heavy atom. The van der Waals surface area contributed by atoms with E-state index < -0.39 is 0 Å². The minimum Gasteiger partial charge on any atom is -0.507 e. The molecule has 1 N–H and O–H groups in total. The molecule has 0 saturated carbocycles. The SMILES string of the molecule is CC(C=NN=Cc1ccccc1O)=Cc1ccccc1. The maximum absolute atomic E-state index is 9.56. The van der Waals surface area contributed by atoms with E-state index in [2.05, 4.69) is 10.2 Å². The average molecular weight is 264 g/mol. The summed E-state index contributed by atoms with van der Waals surface area (Å²) in [6, 6.07) is 17.0. The van der Waals surface area contributed by atoms with Gasteiger partial charge in [0.05, 0.1) is 12.4 Å². The fourth-order valence-corrected chi connectivity index (χ4v) is 1.67. The van der Waals surface area contributed by atoms with Crippen LogP contribution in [0.15, 0.2) is 70.4 Å². The maximum Gasteiger partial charge on any atom is 0.124 e. The molecule has 0 saturated heterocycles. The second kappa shape index (κ2) is 7.04. The van der Waals surface area contributed by atoms with E-state index in [1.807, 2.05) is 49.4 Å². The Kier molecular flexibility index (Phi) is 4.84. The van der Waals surface area contributed by atoms with Gasteiger partial charge in [-0.15, -0.1) is 0 Å². The normalized spacial score (nSPS) is 12.3. The fourth-order valence-electron chi connectivity index (χ4n) is 1.67. The number of hydrogen-bond donors (Lipinski definition) is 1. The minimum absolute atomic E-state index is 0.197. The first-order valence-electron chi connectivity index (χ1n) is 6.33. The highest BCUT2D eigenvalue weighted by Crippen LogP contribution is 2.12. The van der Waals surface area contributed by atoms with Gasteiger partial charge >= 0.3 is 0 Å². The molecular weight excluding hydrogens is 248 g/mol. The molecule has 0 radical (unpaired) electrons. The highest BCUT2D eigenvalue weighted by atomic mass is 16.3. The van der Waals surface area contributed by atoms with Crippen molar-refractivity contribution in [3.05, 3.63) is 71.3 Å². The number of phenolic OH excluding ortho intramolecular Hbond substituents is 1. The van der Waals surface area contributed by atoms with Crippen LogP contribution in [0.4, 0.5) is 0 Å². The molecule has 0 unspecified atom stereocenters. The predicted octanol–water partition coefficient (Wildman–Crippen LogP) is 3.90. The molecule has 3 nitrogen and oxygen atoms in total. The topological polar surface area (TPSA) is 45.0 Å². The van der Waals surface area contributed by atoms with Gasteiger partial charge in [0, 0.05) is 5.56 Å². The largest absolute Gasteiger partial charge is 0.507 e. The van der Waals surface area contributed by atoms with Gasteiger partial charge in [-0.2, -0.15) is 10.2 Å². The number of phenols is 1. The first-order chi connectivity index (χ1) is 9.75. The molecule has 0 heterocycles. The molecule has 0 bridgehead atoms. The van der Waals surface area contributed by atoms with E-state index in [4.69, 9.17) is 0 Å². The first-order valence-corrected chi connectivity index (χ1v) is 6.33. The molecule has 3 heteroatoms. The van der Waals surface area contributed by atoms with Gasteiger partial charge in [-0.25, -0.2) is 0 Å². The smallest absolute Gasteiger partial charge is 0.124 e. The number of nitrogens with zero attached hydrogens (tertiary/aromatic N) is 2. The predicted molar refractivity (Wildman–Crippen MR) is 84.3 cm³/mol. The Balaban J connectivity index is 2.00. The van der Waals surface area contributed by atoms with Crippen molar-refractivity contribution in [2.45, 2.75) is 6.92 Å². The molecular formula is C17H16N2O. The minimum atomic E-state index is 0.197. The Morgan fingerprint density at radius 1 is 0.950 bits per heavy atom. The van der Waals surface area contributed by atoms with Crippen LogP contribution in [-0.4, -0.2) is 17.5 Å². The van der Waals surface area contributed by atoms with E-state index >= 15 is 0 Å². The summed E-state index contributed by atoms with van der Waals surface area (Å²) in [4.78, 5) is 0. The van der Waals surface area contributed by atoms with Gasteiger partial charge in [0.1, 0.15) is 5.75 Å². The summed E-state index contributed by atoms with van der Waals surface area (Å²) in [5.74, 6) is 0.197. The van der Waals surface area contributed by atoms with Crippen molar-refractivity contribution < 1.29 is 5.11 Å². The molecule has 0 atom stereocenters. The summed E-state index contributed by atoms with van der Waals surface area (Å²) in [6.07, 6.45) is 5.24. The van der Waals surface area contributed by atoms with Crippen LogP contribution in [0.1, 0.15) is 18.1 Å². The molecule has 2 aromatic rings. The molecule has 2 aromatic carbocycles. The van der Waals surface area contributed by atoms with Crippen LogP contribution in [-0.2, 0) is 0 Å². The number of allylic oxidation sites excluding steroid dienone is 1. The Morgan fingerprint density at radius 3 is 2.40 bits per heavy atom. The Bertz CT molecular complexity index is 643. The van der Waals surface area contributed by atoms with Crippen molar-refractivity contribution in [1.29, 1.82) is 0 Å². The van der Waals surface area contributed by atoms with Gasteiger partial charge in [0.2, 0.25) is 0 Å². The van der Waals surface area contributed by atoms with Crippen LogP contribution in [0.2, 0.25) is 0 Å². The van der Waals surface area contributed by atoms with Gasteiger partial charge in [-0.05, 0) is 30.2 Å². The lowest BCUT2D eigenvalue weighted by Gasteiger charge is -1.95. The number of rotatable bonds is 4. The summed E-state index contributed by atoms with van der Waals surface area (Å²) in [6.45, 7) is 1.96. The lowest BCUT2D eigenvalue weighted by atomic mass is 10.1. The van der Waals surface area contributed by atoms with Crippen LogP contribution in [0.3, 0.4) is 0 Å². The zero-order valence-electron chi connectivity index (χ0n) is 11.3. The molecule has 0 aromatic heterocycles. The van der Waals surface area contributed by atoms with E-state index in [9.17, 15) is 5.11 Å². The van der Waals surface area contributed by atoms with Gasteiger partial charge in [-0.1, -0.05) is 48.5 Å². The standard InChI is InChI=1S/C17H16N2O/c1-14(11-15-7-3-2-4-8-15)12-18-19-13-16-9-5-6-10-17(16)20/h2-13,20H,1H3. The molecule has 100 valence electrons. The van der Waals surface area contributed by atoms with E-state index in [-0.39, 0.29) is 5.75 Å². The third-order valence-electron chi connectivity index (χ3n) is 2.66. The van der Waals surface area contributed by atoms with Crippen molar-refractivity contribution in [1.82, 2.24) is 0 Å². The van der Waals surface area contributed by atoms with Crippen LogP contribution >= 0.6 is 0 Å². The molecule has 0 amide bonds. The molecule has 0 aliphatic carbocycles. The summed E-state index contributed by atoms with van der Waals surface area (Å²) >= 11 is 0. The van der Waals surface area contributed by atoms with Crippen LogP contribution in [0.5, 0.6) is 5.75 Å². The van der Waals surface area contributed by atoms with Crippen LogP contribution < -0.4 is 0 Å². The lowest BCUT2D eigenvalue weighted by molar-refractivity contribution is 0.474. The highest BCUT2D eigenvalue weighted by molar-refractivity contribution is 5.86. The monoisotopic (exact) mass is 264 g/mol. The quantitative estimate of drug-likeness (QED) is 0.660. The van der Waals surface area contributed by atoms with Gasteiger partial charge in [0.15, 0.2) is 0 Å². The number of benzene rings is 2. The second-order valence-electron chi connectivity index (χ2n) is 4.35. The number of hydrogen-bond acceptors (Lipinski definition) is 3. The zero-order chi connectivity index (χ0) is 14.2. The second-order valence-corrected chi connectivity index (χ2v) is 4.35. The highest BCUT2D eigenvalue weighted by Gasteiger charge is 1.93. The van der Waals surface area contributed by atoms with E-state index in [1.54, 1.807) is 24.4 Å². The third-order valence-corrected chi connectivity index (χ3v) is 2.66. The first kappa shape index (κ1) is 13.7. The molecule has 0 aliphatic rings. The fraction of sp³-hybridized carbons (Fsp3) is 0.0588. The van der Waals surface area contributed by atoms with E-state index in [1.165, 1.54) is 6.21 Å². The average Bonchev–Trinajstić information content (AvgIpc) is 2.46. The summed E-state index contributed by atoms with van der Waals surface area (Å²) < 4.78 is 0. The van der Waals surface area contributed by atoms with Crippen LogP contribution in [0.25, 0.3) is 6.08 Å². The molecule has 2 rings (SSSR count). The molecule has 20 heavy (non-hydrogen) atoms. The Labute approximate surface area is 118 Å². The van der Waals surface area contributed by atoms with Crippen molar-refractivity contribution >= 4 is 18.5 Å². The number of aromatic hydroxyl groups is 1. The Hall–Kier alpha value is -2.68. The lowest BCUT2D eigenvalue weighted by Crippen LogP contribution is -1.81. The van der Waals surface area contributed by atoms with Crippen molar-refractivity contribution in [3.63, 3.8) is 0 Å². The summed E-state index contributed by atoms with van der Waals surface area (Å²) in [5, 5.41) is 17.5. The number of para-hydroxylation sites is 1. The van der Waals surface area contributed by atoms with Gasteiger partial charge < -0.3 is 5.11 Å². The third kappa shape index (κ3) is 4.21. The zero-order valence-corrected chi connectivity index (χ0v) is 11.3. The van der Waals surface area contributed by atoms with Gasteiger partial charge in [-0.3, -0.25) is 0 Å². The molecule has 0 aliphatic heterocycles. The van der Waals surface area contributed by atoms with Gasteiger partial charge in [0.25, 0.3) is 0 Å². The van der Waals surface area contributed by atoms with Crippen molar-refractivity contribution in [3.8, 4) is 5.75 Å². The van der Waals surface area contributed by atoms with E-state index in [0.717, 1.165) is 11.1 Å². The molecule has 0 spiro atoms. The van der Waals surface area contributed by atoms with Crippen molar-refractivity contribution in [2.24, 2.45) is 10.2 Å². The summed E-state index contributed by atoms with van der Waals surface area (Å²) in [7, 11) is 0. The summed E-state index contributed by atoms with van der Waals surface area (Å²) in [5.41, 5.74) is 2.78. The molecule has 0 fully saturated rings. The van der Waals surface area contributed by atoms with Crippen molar-refractivity contribution in [2.75, 3.05) is 0 Å².